The van der Waals surface area contributed by atoms with E-state index in [-0.39, 0.29) is 0 Å². The molecule has 0 atom stereocenters. The van der Waals surface area contributed by atoms with Crippen LogP contribution < -0.4 is 14.8 Å². The van der Waals surface area contributed by atoms with Crippen LogP contribution in [0.2, 0.25) is 0 Å². The number of unbranched alkanes of at least 4 members (excludes halogenated alkanes) is 2. The molecular weight excluding hydrogens is 408 g/mol. The number of benzene rings is 3. The molecule has 1 aromatic heterocycles. The highest BCUT2D eigenvalue weighted by Crippen LogP contribution is 2.38. The van der Waals surface area contributed by atoms with Crippen LogP contribution in [0.15, 0.2) is 54.6 Å². The van der Waals surface area contributed by atoms with Crippen molar-refractivity contribution in [1.29, 1.82) is 0 Å². The molecule has 5 rings (SSSR count). The van der Waals surface area contributed by atoms with E-state index in [0.29, 0.717) is 13.2 Å². The third kappa shape index (κ3) is 4.28. The Morgan fingerprint density at radius 1 is 0.909 bits per heavy atom. The van der Waals surface area contributed by atoms with E-state index in [1.807, 2.05) is 13.0 Å². The van der Waals surface area contributed by atoms with Crippen LogP contribution in [0.4, 0.5) is 0 Å². The molecule has 2 heterocycles. The van der Waals surface area contributed by atoms with Crippen LogP contribution in [-0.2, 0) is 13.0 Å². The fourth-order valence-electron chi connectivity index (χ4n) is 4.86. The van der Waals surface area contributed by atoms with Crippen LogP contribution in [0.1, 0.15) is 44.2 Å². The van der Waals surface area contributed by atoms with Crippen molar-refractivity contribution in [3.05, 3.63) is 65.7 Å². The lowest BCUT2D eigenvalue weighted by Crippen LogP contribution is -2.25. The second-order valence-electron chi connectivity index (χ2n) is 8.68. The Kier molecular flexibility index (Phi) is 6.45. The van der Waals surface area contributed by atoms with Crippen molar-refractivity contribution in [2.75, 3.05) is 19.8 Å². The van der Waals surface area contributed by atoms with Crippen molar-refractivity contribution in [2.45, 2.75) is 46.1 Å². The molecule has 0 unspecified atom stereocenters. The number of nitrogens with one attached hydrogen (secondary N) is 1. The second-order valence-corrected chi connectivity index (χ2v) is 8.68. The highest BCUT2D eigenvalue weighted by atomic mass is 16.5. The molecule has 0 bridgehead atoms. The van der Waals surface area contributed by atoms with Gasteiger partial charge in [-0.3, -0.25) is 0 Å². The molecule has 4 heteroatoms. The number of pyridine rings is 1. The largest absolute Gasteiger partial charge is 0.490 e. The third-order valence-corrected chi connectivity index (χ3v) is 6.47. The van der Waals surface area contributed by atoms with Crippen LogP contribution in [0.3, 0.4) is 0 Å². The predicted molar refractivity (Wildman–Crippen MR) is 136 cm³/mol. The Morgan fingerprint density at radius 2 is 1.82 bits per heavy atom. The number of rotatable bonds is 8. The van der Waals surface area contributed by atoms with E-state index in [0.717, 1.165) is 54.2 Å². The van der Waals surface area contributed by atoms with Gasteiger partial charge >= 0.3 is 0 Å². The predicted octanol–water partition coefficient (Wildman–Crippen LogP) is 6.67. The summed E-state index contributed by atoms with van der Waals surface area (Å²) in [6.45, 7) is 7.35. The molecule has 1 aliphatic rings. The lowest BCUT2D eigenvalue weighted by molar-refractivity contribution is 0.271. The first-order valence-corrected chi connectivity index (χ1v) is 12.2. The maximum absolute atomic E-state index is 6.06. The average molecular weight is 441 g/mol. The minimum absolute atomic E-state index is 0.603. The Morgan fingerprint density at radius 3 is 2.70 bits per heavy atom. The first kappa shape index (κ1) is 21.7. The van der Waals surface area contributed by atoms with Crippen LogP contribution in [0.25, 0.3) is 32.9 Å². The number of hydrogen-bond donors (Lipinski definition) is 1. The van der Waals surface area contributed by atoms with E-state index in [1.165, 1.54) is 40.1 Å². The molecule has 0 saturated heterocycles. The fourth-order valence-corrected chi connectivity index (χ4v) is 4.86. The van der Waals surface area contributed by atoms with Crippen LogP contribution >= 0.6 is 0 Å². The Balaban J connectivity index is 1.62. The first-order valence-electron chi connectivity index (χ1n) is 12.2. The number of ether oxygens (including phenoxy) is 2. The summed E-state index contributed by atoms with van der Waals surface area (Å²) >= 11 is 0. The van der Waals surface area contributed by atoms with E-state index in [9.17, 15) is 0 Å². The summed E-state index contributed by atoms with van der Waals surface area (Å²) in [5.74, 6) is 1.61. The second kappa shape index (κ2) is 9.80. The van der Waals surface area contributed by atoms with Crippen LogP contribution in [-0.4, -0.2) is 24.7 Å². The molecule has 1 aliphatic heterocycles. The van der Waals surface area contributed by atoms with Gasteiger partial charge in [0.25, 0.3) is 0 Å². The zero-order chi connectivity index (χ0) is 22.6. The van der Waals surface area contributed by atoms with Gasteiger partial charge in [-0.1, -0.05) is 50.1 Å². The molecule has 0 fully saturated rings. The zero-order valence-electron chi connectivity index (χ0n) is 19.6. The Hall–Kier alpha value is -3.11. The number of fused-ring (bicyclic) bond motifs is 5. The molecular formula is C29H32N2O2. The van der Waals surface area contributed by atoms with Crippen LogP contribution in [0.5, 0.6) is 11.5 Å². The van der Waals surface area contributed by atoms with Gasteiger partial charge in [0.2, 0.25) is 0 Å². The fraction of sp³-hybridized carbons (Fsp3) is 0.345. The van der Waals surface area contributed by atoms with Crippen molar-refractivity contribution in [2.24, 2.45) is 0 Å². The monoisotopic (exact) mass is 440 g/mol. The van der Waals surface area contributed by atoms with Gasteiger partial charge in [0.1, 0.15) is 0 Å². The van der Waals surface area contributed by atoms with Crippen molar-refractivity contribution in [1.82, 2.24) is 10.3 Å². The SMILES string of the molecule is CCCCCOc1ccc(-c2nc3ccc4ccccc4c3c3c2CNCC3)cc1OCC. The van der Waals surface area contributed by atoms with E-state index < -0.39 is 0 Å². The molecule has 0 amide bonds. The molecule has 170 valence electrons. The van der Waals surface area contributed by atoms with E-state index in [2.05, 4.69) is 60.8 Å². The molecule has 4 nitrogen and oxygen atoms in total. The van der Waals surface area contributed by atoms with Gasteiger partial charge in [-0.15, -0.1) is 0 Å². The third-order valence-electron chi connectivity index (χ3n) is 6.47. The Bertz CT molecular complexity index is 1280. The smallest absolute Gasteiger partial charge is 0.161 e. The molecule has 3 aromatic carbocycles. The lowest BCUT2D eigenvalue weighted by atomic mass is 9.90. The van der Waals surface area contributed by atoms with Gasteiger partial charge in [-0.05, 0) is 72.5 Å². The maximum atomic E-state index is 6.06. The minimum atomic E-state index is 0.603. The number of hydrogen-bond acceptors (Lipinski definition) is 4. The Labute approximate surface area is 195 Å². The standard InChI is InChI=1S/C29H32N2O2/c1-3-5-8-17-33-26-14-12-21(18-27(26)32-4-2)29-24-19-30-16-15-23(24)28-22-10-7-6-9-20(22)11-13-25(28)31-29/h6-7,9-14,18,30H,3-5,8,15-17,19H2,1-2H3. The lowest BCUT2D eigenvalue weighted by Gasteiger charge is -2.23. The molecule has 0 spiro atoms. The average Bonchev–Trinajstić information content (AvgIpc) is 2.86. The molecule has 0 radical (unpaired) electrons. The molecule has 1 N–H and O–H groups in total. The summed E-state index contributed by atoms with van der Waals surface area (Å²) in [6, 6.07) is 19.2. The highest BCUT2D eigenvalue weighted by molar-refractivity contribution is 6.09. The summed E-state index contributed by atoms with van der Waals surface area (Å²) in [5, 5.41) is 7.42. The first-order chi connectivity index (χ1) is 16.3. The minimum Gasteiger partial charge on any atom is -0.490 e. The summed E-state index contributed by atoms with van der Waals surface area (Å²) < 4.78 is 12.0. The highest BCUT2D eigenvalue weighted by Gasteiger charge is 2.21. The van der Waals surface area contributed by atoms with Crippen molar-refractivity contribution in [3.8, 4) is 22.8 Å². The van der Waals surface area contributed by atoms with Crippen molar-refractivity contribution >= 4 is 21.7 Å². The summed E-state index contributed by atoms with van der Waals surface area (Å²) in [4.78, 5) is 5.19. The van der Waals surface area contributed by atoms with Gasteiger partial charge in [-0.25, -0.2) is 4.98 Å². The van der Waals surface area contributed by atoms with Gasteiger partial charge in [-0.2, -0.15) is 0 Å². The summed E-state index contributed by atoms with van der Waals surface area (Å²) in [7, 11) is 0. The molecule has 33 heavy (non-hydrogen) atoms. The topological polar surface area (TPSA) is 43.4 Å². The number of nitrogens with zero attached hydrogens (tertiary/aromatic N) is 1. The van der Waals surface area contributed by atoms with Gasteiger partial charge < -0.3 is 14.8 Å². The maximum Gasteiger partial charge on any atom is 0.161 e. The van der Waals surface area contributed by atoms with Crippen LogP contribution in [0, 0.1) is 0 Å². The molecule has 0 aliphatic carbocycles. The quantitative estimate of drug-likeness (QED) is 0.245. The normalized spacial score (nSPS) is 13.3. The summed E-state index contributed by atoms with van der Waals surface area (Å²) in [5.41, 5.74) is 5.89. The molecule has 0 saturated carbocycles. The molecule has 4 aromatic rings. The van der Waals surface area contributed by atoms with E-state index in [4.69, 9.17) is 14.5 Å². The van der Waals surface area contributed by atoms with Crippen molar-refractivity contribution < 1.29 is 9.47 Å². The van der Waals surface area contributed by atoms with Gasteiger partial charge in [0.15, 0.2) is 11.5 Å². The number of aromatic nitrogens is 1. The van der Waals surface area contributed by atoms with Crippen molar-refractivity contribution in [3.63, 3.8) is 0 Å². The van der Waals surface area contributed by atoms with Gasteiger partial charge in [0.05, 0.1) is 24.4 Å². The van der Waals surface area contributed by atoms with E-state index in [1.54, 1.807) is 0 Å². The van der Waals surface area contributed by atoms with Gasteiger partial charge in [0, 0.05) is 17.5 Å². The zero-order valence-corrected chi connectivity index (χ0v) is 19.6. The van der Waals surface area contributed by atoms with E-state index >= 15 is 0 Å². The summed E-state index contributed by atoms with van der Waals surface area (Å²) in [6.07, 6.45) is 4.43.